The molecule has 3 aromatic rings. The second-order valence-electron chi connectivity index (χ2n) is 8.28. The Morgan fingerprint density at radius 3 is 2.15 bits per heavy atom. The zero-order valence-electron chi connectivity index (χ0n) is 19.0. The van der Waals surface area contributed by atoms with E-state index in [1.54, 1.807) is 36.4 Å². The molecule has 0 saturated carbocycles. The number of carboxylic acids is 1. The van der Waals surface area contributed by atoms with Crippen molar-refractivity contribution in [1.82, 2.24) is 10.6 Å². The van der Waals surface area contributed by atoms with E-state index in [0.717, 1.165) is 16.7 Å². The summed E-state index contributed by atoms with van der Waals surface area (Å²) in [4.78, 5) is 24.2. The molecule has 0 aromatic heterocycles. The number of amides is 1. The van der Waals surface area contributed by atoms with Crippen molar-refractivity contribution in [1.29, 1.82) is 0 Å². The van der Waals surface area contributed by atoms with E-state index in [9.17, 15) is 24.9 Å². The first-order valence-electron chi connectivity index (χ1n) is 11.2. The van der Waals surface area contributed by atoms with Crippen LogP contribution < -0.4 is 10.6 Å². The lowest BCUT2D eigenvalue weighted by atomic mass is 10.0. The molecule has 0 radical (unpaired) electrons. The molecule has 3 aromatic carbocycles. The lowest BCUT2D eigenvalue weighted by Crippen LogP contribution is -2.42. The van der Waals surface area contributed by atoms with Crippen molar-refractivity contribution < 1.29 is 24.9 Å². The number of phenols is 1. The Bertz CT molecular complexity index is 1070. The third-order valence-electron chi connectivity index (χ3n) is 5.69. The van der Waals surface area contributed by atoms with E-state index in [1.807, 2.05) is 49.4 Å². The fourth-order valence-corrected chi connectivity index (χ4v) is 3.63. The normalized spacial score (nSPS) is 13.6. The van der Waals surface area contributed by atoms with Crippen LogP contribution in [0.15, 0.2) is 78.9 Å². The molecule has 5 N–H and O–H groups in total. The summed E-state index contributed by atoms with van der Waals surface area (Å²) < 4.78 is 0. The summed E-state index contributed by atoms with van der Waals surface area (Å²) in [5, 5.41) is 35.2. The zero-order valence-corrected chi connectivity index (χ0v) is 19.0. The standard InChI is InChI=1S/C27H30N2O5/c1-18(25(31)21-11-13-23(30)14-12-21)28-16-15-19-7-9-22(10-8-19)26(32)29-24(27(33)34)17-20-5-3-2-4-6-20/h2-14,18,24-25,28,30-31H,15-17H2,1H3,(H,29,32)(H,33,34)/t18-,24-,25-/m0/s1. The summed E-state index contributed by atoms with van der Waals surface area (Å²) in [6, 6.07) is 21.5. The van der Waals surface area contributed by atoms with Gasteiger partial charge in [0, 0.05) is 18.0 Å². The quantitative estimate of drug-likeness (QED) is 0.299. The number of hydrogen-bond acceptors (Lipinski definition) is 5. The number of aliphatic carboxylic acids is 1. The van der Waals surface area contributed by atoms with Crippen molar-refractivity contribution in [2.45, 2.75) is 38.0 Å². The molecular weight excluding hydrogens is 432 g/mol. The van der Waals surface area contributed by atoms with Gasteiger partial charge in [-0.2, -0.15) is 0 Å². The number of nitrogens with one attached hydrogen (secondary N) is 2. The van der Waals surface area contributed by atoms with E-state index in [4.69, 9.17) is 0 Å². The minimum Gasteiger partial charge on any atom is -0.508 e. The number of aliphatic hydroxyl groups excluding tert-OH is 1. The number of rotatable bonds is 11. The molecule has 34 heavy (non-hydrogen) atoms. The highest BCUT2D eigenvalue weighted by molar-refractivity contribution is 5.96. The number of carbonyl (C=O) groups excluding carboxylic acids is 1. The molecule has 7 heteroatoms. The average molecular weight is 463 g/mol. The van der Waals surface area contributed by atoms with E-state index in [1.165, 1.54) is 0 Å². The summed E-state index contributed by atoms with van der Waals surface area (Å²) in [5.74, 6) is -1.36. The van der Waals surface area contributed by atoms with Crippen LogP contribution >= 0.6 is 0 Å². The second kappa shape index (κ2) is 12.0. The van der Waals surface area contributed by atoms with Gasteiger partial charge in [0.05, 0.1) is 6.10 Å². The van der Waals surface area contributed by atoms with Crippen molar-refractivity contribution >= 4 is 11.9 Å². The van der Waals surface area contributed by atoms with Crippen LogP contribution in [0.5, 0.6) is 5.75 Å². The van der Waals surface area contributed by atoms with Gasteiger partial charge in [-0.05, 0) is 60.8 Å². The van der Waals surface area contributed by atoms with Crippen LogP contribution in [0.25, 0.3) is 0 Å². The Morgan fingerprint density at radius 1 is 0.882 bits per heavy atom. The SMILES string of the molecule is C[C@H](NCCc1ccc(C(=O)N[C@@H](Cc2ccccc2)C(=O)O)cc1)[C@H](O)c1ccc(O)cc1. The second-order valence-corrected chi connectivity index (χ2v) is 8.28. The largest absolute Gasteiger partial charge is 0.508 e. The molecule has 7 nitrogen and oxygen atoms in total. The van der Waals surface area contributed by atoms with Gasteiger partial charge < -0.3 is 26.0 Å². The maximum atomic E-state index is 12.6. The van der Waals surface area contributed by atoms with E-state index in [2.05, 4.69) is 10.6 Å². The number of aliphatic hydroxyl groups is 1. The fourth-order valence-electron chi connectivity index (χ4n) is 3.63. The first-order chi connectivity index (χ1) is 16.3. The number of carbonyl (C=O) groups is 2. The Labute approximate surface area is 199 Å². The van der Waals surface area contributed by atoms with Crippen molar-refractivity contribution in [3.63, 3.8) is 0 Å². The first-order valence-corrected chi connectivity index (χ1v) is 11.2. The van der Waals surface area contributed by atoms with Crippen molar-refractivity contribution in [2.24, 2.45) is 0 Å². The summed E-state index contributed by atoms with van der Waals surface area (Å²) in [6.45, 7) is 2.51. The minimum atomic E-state index is -1.08. The highest BCUT2D eigenvalue weighted by Gasteiger charge is 2.21. The van der Waals surface area contributed by atoms with E-state index in [0.29, 0.717) is 18.5 Å². The number of phenolic OH excluding ortho intramolecular Hbond substituents is 1. The molecule has 0 unspecified atom stereocenters. The third kappa shape index (κ3) is 7.16. The number of benzene rings is 3. The van der Waals surface area contributed by atoms with Gasteiger partial charge in [0.15, 0.2) is 0 Å². The highest BCUT2D eigenvalue weighted by Crippen LogP contribution is 2.19. The van der Waals surface area contributed by atoms with E-state index in [-0.39, 0.29) is 18.2 Å². The van der Waals surface area contributed by atoms with Crippen LogP contribution in [0.3, 0.4) is 0 Å². The first kappa shape index (κ1) is 25.0. The van der Waals surface area contributed by atoms with Crippen LogP contribution in [-0.2, 0) is 17.6 Å². The number of hydrogen-bond donors (Lipinski definition) is 5. The van der Waals surface area contributed by atoms with Gasteiger partial charge in [0.25, 0.3) is 5.91 Å². The third-order valence-corrected chi connectivity index (χ3v) is 5.69. The predicted octanol–water partition coefficient (Wildman–Crippen LogP) is 3.07. The molecule has 0 aliphatic heterocycles. The topological polar surface area (TPSA) is 119 Å². The summed E-state index contributed by atoms with van der Waals surface area (Å²) in [6.07, 6.45) is 0.199. The zero-order chi connectivity index (χ0) is 24.5. The summed E-state index contributed by atoms with van der Waals surface area (Å²) in [5.41, 5.74) is 2.96. The molecular formula is C27H30N2O5. The van der Waals surface area contributed by atoms with Gasteiger partial charge in [-0.1, -0.05) is 54.6 Å². The monoisotopic (exact) mass is 462 g/mol. The molecule has 0 bridgehead atoms. The number of aromatic hydroxyl groups is 1. The maximum absolute atomic E-state index is 12.6. The Hall–Kier alpha value is -3.68. The van der Waals surface area contributed by atoms with E-state index >= 15 is 0 Å². The van der Waals surface area contributed by atoms with E-state index < -0.39 is 24.0 Å². The molecule has 0 spiro atoms. The van der Waals surface area contributed by atoms with Crippen molar-refractivity contribution in [3.8, 4) is 5.75 Å². The van der Waals surface area contributed by atoms with Crippen molar-refractivity contribution in [3.05, 3.63) is 101 Å². The molecule has 3 atom stereocenters. The Kier molecular flexibility index (Phi) is 8.79. The lowest BCUT2D eigenvalue weighted by molar-refractivity contribution is -0.139. The van der Waals surface area contributed by atoms with Gasteiger partial charge in [0.2, 0.25) is 0 Å². The van der Waals surface area contributed by atoms with Crippen molar-refractivity contribution in [2.75, 3.05) is 6.54 Å². The predicted molar refractivity (Wildman–Crippen MR) is 130 cm³/mol. The van der Waals surface area contributed by atoms with Crippen LogP contribution in [0, 0.1) is 0 Å². The van der Waals surface area contributed by atoms with Gasteiger partial charge in [-0.25, -0.2) is 4.79 Å². The minimum absolute atomic E-state index is 0.156. The lowest BCUT2D eigenvalue weighted by Gasteiger charge is -2.21. The molecule has 3 rings (SSSR count). The van der Waals surface area contributed by atoms with Gasteiger partial charge in [0.1, 0.15) is 11.8 Å². The van der Waals surface area contributed by atoms with Gasteiger partial charge in [-0.15, -0.1) is 0 Å². The summed E-state index contributed by atoms with van der Waals surface area (Å²) in [7, 11) is 0. The molecule has 178 valence electrons. The van der Waals surface area contributed by atoms with Crippen LogP contribution in [-0.4, -0.2) is 45.8 Å². The van der Waals surface area contributed by atoms with Crippen LogP contribution in [0.4, 0.5) is 0 Å². The Balaban J connectivity index is 1.49. The maximum Gasteiger partial charge on any atom is 0.326 e. The fraction of sp³-hybridized carbons (Fsp3) is 0.259. The highest BCUT2D eigenvalue weighted by atomic mass is 16.4. The van der Waals surface area contributed by atoms with Crippen LogP contribution in [0.2, 0.25) is 0 Å². The molecule has 0 fully saturated rings. The smallest absolute Gasteiger partial charge is 0.326 e. The van der Waals surface area contributed by atoms with Gasteiger partial charge >= 0.3 is 5.97 Å². The summed E-state index contributed by atoms with van der Waals surface area (Å²) >= 11 is 0. The average Bonchev–Trinajstić information content (AvgIpc) is 2.84. The molecule has 0 saturated heterocycles. The molecule has 1 amide bonds. The van der Waals surface area contributed by atoms with Crippen LogP contribution in [0.1, 0.15) is 40.1 Å². The van der Waals surface area contributed by atoms with Gasteiger partial charge in [-0.3, -0.25) is 4.79 Å². The molecule has 0 aliphatic carbocycles. The number of carboxylic acid groups (broad SMARTS) is 1. The Morgan fingerprint density at radius 2 is 1.53 bits per heavy atom. The molecule has 0 aliphatic rings. The molecule has 0 heterocycles.